The summed E-state index contributed by atoms with van der Waals surface area (Å²) in [5.41, 5.74) is 0. The molecular formula is C8H15O2-. The van der Waals surface area contributed by atoms with E-state index in [-0.39, 0.29) is 5.92 Å². The molecule has 0 aromatic rings. The molecule has 0 aliphatic heterocycles. The molecule has 0 fully saturated rings. The lowest BCUT2D eigenvalue weighted by Crippen LogP contribution is -2.30. The van der Waals surface area contributed by atoms with Crippen LogP contribution in [0.2, 0.25) is 0 Å². The van der Waals surface area contributed by atoms with Crippen molar-refractivity contribution in [1.82, 2.24) is 0 Å². The molecule has 0 amide bonds. The predicted molar refractivity (Wildman–Crippen MR) is 38.2 cm³/mol. The van der Waals surface area contributed by atoms with Gasteiger partial charge in [0, 0.05) is 5.97 Å². The van der Waals surface area contributed by atoms with Gasteiger partial charge in [-0.05, 0) is 18.3 Å². The molecule has 2 heteroatoms. The molecule has 0 aromatic carbocycles. The van der Waals surface area contributed by atoms with E-state index in [9.17, 15) is 9.90 Å². The summed E-state index contributed by atoms with van der Waals surface area (Å²) in [4.78, 5) is 10.2. The number of hydrogen-bond donors (Lipinski definition) is 0. The second-order valence-electron chi connectivity index (χ2n) is 2.97. The Hall–Kier alpha value is -0.530. The van der Waals surface area contributed by atoms with Crippen molar-refractivity contribution in [3.8, 4) is 0 Å². The molecule has 0 aliphatic rings. The molecule has 2 atom stereocenters. The maximum Gasteiger partial charge on any atom is 0.0442 e. The molecule has 0 saturated heterocycles. The van der Waals surface area contributed by atoms with Crippen LogP contribution in [0.5, 0.6) is 0 Å². The fraction of sp³-hybridized carbons (Fsp3) is 0.875. The fourth-order valence-corrected chi connectivity index (χ4v) is 0.866. The molecule has 0 aliphatic carbocycles. The summed E-state index contributed by atoms with van der Waals surface area (Å²) in [7, 11) is 0. The van der Waals surface area contributed by atoms with Gasteiger partial charge in [0.05, 0.1) is 0 Å². The lowest BCUT2D eigenvalue weighted by Gasteiger charge is -2.15. The van der Waals surface area contributed by atoms with Gasteiger partial charge in [0.1, 0.15) is 0 Å². The van der Waals surface area contributed by atoms with Gasteiger partial charge in [-0.25, -0.2) is 0 Å². The first-order valence-corrected chi connectivity index (χ1v) is 3.78. The molecule has 10 heavy (non-hydrogen) atoms. The van der Waals surface area contributed by atoms with Crippen LogP contribution in [-0.4, -0.2) is 5.97 Å². The van der Waals surface area contributed by atoms with Crippen LogP contribution in [0.4, 0.5) is 0 Å². The molecule has 0 radical (unpaired) electrons. The van der Waals surface area contributed by atoms with Crippen LogP contribution in [0.25, 0.3) is 0 Å². The molecule has 0 unspecified atom stereocenters. The highest BCUT2D eigenvalue weighted by atomic mass is 16.4. The molecule has 0 spiro atoms. The Labute approximate surface area is 62.2 Å². The average Bonchev–Trinajstić information content (AvgIpc) is 1.87. The predicted octanol–water partition coefficient (Wildman–Crippen LogP) is 0.809. The van der Waals surface area contributed by atoms with Gasteiger partial charge in [0.15, 0.2) is 0 Å². The fourth-order valence-electron chi connectivity index (χ4n) is 0.866. The first-order chi connectivity index (χ1) is 4.57. The summed E-state index contributed by atoms with van der Waals surface area (Å²) in [6.07, 6.45) is 1.77. The molecule has 0 N–H and O–H groups in total. The maximum absolute atomic E-state index is 10.2. The lowest BCUT2D eigenvalue weighted by molar-refractivity contribution is -0.311. The van der Waals surface area contributed by atoms with E-state index in [2.05, 4.69) is 13.8 Å². The number of carboxylic acids is 1. The Balaban J connectivity index is 3.56. The van der Waals surface area contributed by atoms with E-state index < -0.39 is 5.97 Å². The third-order valence-corrected chi connectivity index (χ3v) is 1.86. The van der Waals surface area contributed by atoms with Crippen molar-refractivity contribution in [1.29, 1.82) is 0 Å². The number of carboxylic acid groups (broad SMARTS) is 1. The van der Waals surface area contributed by atoms with Crippen molar-refractivity contribution < 1.29 is 9.90 Å². The standard InChI is InChI=1S/C8H16O2/c1-4-6(2)5-7(3)8(9)10/h6-7H,4-5H2,1-3H3,(H,9,10)/p-1/t6-,7-/m0/s1. The zero-order valence-corrected chi connectivity index (χ0v) is 6.89. The van der Waals surface area contributed by atoms with E-state index in [0.29, 0.717) is 5.92 Å². The van der Waals surface area contributed by atoms with Gasteiger partial charge in [-0.1, -0.05) is 27.2 Å². The van der Waals surface area contributed by atoms with Gasteiger partial charge in [-0.2, -0.15) is 0 Å². The summed E-state index contributed by atoms with van der Waals surface area (Å²) in [5, 5.41) is 10.2. The minimum absolute atomic E-state index is 0.296. The van der Waals surface area contributed by atoms with E-state index in [1.54, 1.807) is 6.92 Å². The number of carbonyl (C=O) groups excluding carboxylic acids is 1. The third kappa shape index (κ3) is 3.49. The summed E-state index contributed by atoms with van der Waals surface area (Å²) in [5.74, 6) is -0.733. The largest absolute Gasteiger partial charge is 0.550 e. The zero-order valence-electron chi connectivity index (χ0n) is 6.89. The molecule has 0 saturated carbocycles. The maximum atomic E-state index is 10.2. The van der Waals surface area contributed by atoms with Crippen molar-refractivity contribution in [2.24, 2.45) is 11.8 Å². The lowest BCUT2D eigenvalue weighted by atomic mass is 9.96. The van der Waals surface area contributed by atoms with Crippen molar-refractivity contribution in [3.63, 3.8) is 0 Å². The van der Waals surface area contributed by atoms with Gasteiger partial charge >= 0.3 is 0 Å². The quantitative estimate of drug-likeness (QED) is 0.584. The highest BCUT2D eigenvalue weighted by Gasteiger charge is 2.06. The van der Waals surface area contributed by atoms with Crippen molar-refractivity contribution in [2.45, 2.75) is 33.6 Å². The number of rotatable bonds is 4. The minimum atomic E-state index is -0.930. The van der Waals surface area contributed by atoms with Gasteiger partial charge in [-0.3, -0.25) is 0 Å². The second-order valence-corrected chi connectivity index (χ2v) is 2.97. The Kier molecular flexibility index (Phi) is 4.08. The first-order valence-electron chi connectivity index (χ1n) is 3.78. The molecule has 2 nitrogen and oxygen atoms in total. The molecule has 0 aromatic heterocycles. The van der Waals surface area contributed by atoms with Gasteiger partial charge in [-0.15, -0.1) is 0 Å². The van der Waals surface area contributed by atoms with Crippen molar-refractivity contribution in [3.05, 3.63) is 0 Å². The zero-order chi connectivity index (χ0) is 8.15. The van der Waals surface area contributed by atoms with E-state index in [1.807, 2.05) is 0 Å². The van der Waals surface area contributed by atoms with E-state index >= 15 is 0 Å². The van der Waals surface area contributed by atoms with Crippen LogP contribution in [0.3, 0.4) is 0 Å². The SMILES string of the molecule is CC[C@H](C)C[C@H](C)C(=O)[O-]. The van der Waals surface area contributed by atoms with E-state index in [0.717, 1.165) is 12.8 Å². The van der Waals surface area contributed by atoms with Crippen LogP contribution in [0.1, 0.15) is 33.6 Å². The average molecular weight is 143 g/mol. The number of aliphatic carboxylic acids is 1. The van der Waals surface area contributed by atoms with Crippen LogP contribution in [0, 0.1) is 11.8 Å². The molecular weight excluding hydrogens is 128 g/mol. The van der Waals surface area contributed by atoms with Gasteiger partial charge in [0.25, 0.3) is 0 Å². The Morgan fingerprint density at radius 2 is 2.00 bits per heavy atom. The summed E-state index contributed by atoms with van der Waals surface area (Å²) in [6, 6.07) is 0. The van der Waals surface area contributed by atoms with Crippen molar-refractivity contribution >= 4 is 5.97 Å². The van der Waals surface area contributed by atoms with E-state index in [1.165, 1.54) is 0 Å². The van der Waals surface area contributed by atoms with Crippen molar-refractivity contribution in [2.75, 3.05) is 0 Å². The first kappa shape index (κ1) is 9.47. The molecule has 60 valence electrons. The van der Waals surface area contributed by atoms with Crippen LogP contribution in [0.15, 0.2) is 0 Å². The monoisotopic (exact) mass is 143 g/mol. The Morgan fingerprint density at radius 3 is 2.30 bits per heavy atom. The Bertz CT molecular complexity index is 110. The number of hydrogen-bond acceptors (Lipinski definition) is 2. The van der Waals surface area contributed by atoms with E-state index in [4.69, 9.17) is 0 Å². The third-order valence-electron chi connectivity index (χ3n) is 1.86. The highest BCUT2D eigenvalue weighted by molar-refractivity contribution is 5.66. The summed E-state index contributed by atoms with van der Waals surface area (Å²) < 4.78 is 0. The minimum Gasteiger partial charge on any atom is -0.550 e. The topological polar surface area (TPSA) is 40.1 Å². The smallest absolute Gasteiger partial charge is 0.0442 e. The Morgan fingerprint density at radius 1 is 1.50 bits per heavy atom. The van der Waals surface area contributed by atoms with Gasteiger partial charge in [0.2, 0.25) is 0 Å². The van der Waals surface area contributed by atoms with Gasteiger partial charge < -0.3 is 9.90 Å². The molecule has 0 bridgehead atoms. The number of carbonyl (C=O) groups is 1. The second kappa shape index (κ2) is 4.31. The highest BCUT2D eigenvalue weighted by Crippen LogP contribution is 2.13. The van der Waals surface area contributed by atoms with Crippen LogP contribution in [-0.2, 0) is 4.79 Å². The normalized spacial score (nSPS) is 16.3. The van der Waals surface area contributed by atoms with Crippen LogP contribution >= 0.6 is 0 Å². The van der Waals surface area contributed by atoms with Crippen LogP contribution < -0.4 is 5.11 Å². The summed E-state index contributed by atoms with van der Waals surface area (Å²) >= 11 is 0. The molecule has 0 heterocycles. The summed E-state index contributed by atoms with van der Waals surface area (Å²) in [6.45, 7) is 5.81. The molecule has 0 rings (SSSR count).